The lowest BCUT2D eigenvalue weighted by Gasteiger charge is -2.22. The fraction of sp³-hybridized carbons (Fsp3) is 0.579. The Hall–Kier alpha value is -2.04. The number of amides is 2. The van der Waals surface area contributed by atoms with Gasteiger partial charge in [-0.3, -0.25) is 9.59 Å². The summed E-state index contributed by atoms with van der Waals surface area (Å²) in [7, 11) is 0. The SMILES string of the molecule is CCC(C)c1ccccc1OCC(=O)N1CCCN(C(C)=O)CC1. The maximum atomic E-state index is 12.4. The molecule has 2 rings (SSSR count). The average Bonchev–Trinajstić information content (AvgIpc) is 2.85. The second-order valence-electron chi connectivity index (χ2n) is 6.38. The quantitative estimate of drug-likeness (QED) is 0.833. The molecule has 1 unspecified atom stereocenters. The van der Waals surface area contributed by atoms with Crippen molar-refractivity contribution in [2.75, 3.05) is 32.8 Å². The summed E-state index contributed by atoms with van der Waals surface area (Å²) in [6.07, 6.45) is 1.84. The Bertz CT molecular complexity index is 573. The first-order chi connectivity index (χ1) is 11.5. The molecule has 1 aromatic rings. The van der Waals surface area contributed by atoms with Crippen LogP contribution in [0.1, 0.15) is 45.1 Å². The molecule has 1 saturated heterocycles. The van der Waals surface area contributed by atoms with Crippen molar-refractivity contribution in [1.29, 1.82) is 0 Å². The van der Waals surface area contributed by atoms with Gasteiger partial charge in [0.15, 0.2) is 6.61 Å². The van der Waals surface area contributed by atoms with Crippen molar-refractivity contribution in [3.63, 3.8) is 0 Å². The largest absolute Gasteiger partial charge is 0.483 e. The van der Waals surface area contributed by atoms with Gasteiger partial charge in [-0.1, -0.05) is 32.0 Å². The predicted octanol–water partition coefficient (Wildman–Crippen LogP) is 2.66. The maximum absolute atomic E-state index is 12.4. The minimum absolute atomic E-state index is 0.0145. The predicted molar refractivity (Wildman–Crippen MR) is 94.1 cm³/mol. The van der Waals surface area contributed by atoms with Crippen LogP contribution in [-0.4, -0.2) is 54.4 Å². The van der Waals surface area contributed by atoms with E-state index in [9.17, 15) is 9.59 Å². The van der Waals surface area contributed by atoms with Crippen LogP contribution in [-0.2, 0) is 9.59 Å². The summed E-state index contributed by atoms with van der Waals surface area (Å²) < 4.78 is 5.82. The first-order valence-electron chi connectivity index (χ1n) is 8.78. The van der Waals surface area contributed by atoms with Gasteiger partial charge in [0, 0.05) is 33.1 Å². The Morgan fingerprint density at radius 1 is 1.12 bits per heavy atom. The van der Waals surface area contributed by atoms with E-state index in [0.717, 1.165) is 30.7 Å². The number of benzene rings is 1. The van der Waals surface area contributed by atoms with Crippen LogP contribution in [0.3, 0.4) is 0 Å². The molecular weight excluding hydrogens is 304 g/mol. The van der Waals surface area contributed by atoms with Gasteiger partial charge in [-0.05, 0) is 30.4 Å². The number of nitrogens with zero attached hydrogens (tertiary/aromatic N) is 2. The highest BCUT2D eigenvalue weighted by Crippen LogP contribution is 2.28. The molecule has 5 heteroatoms. The zero-order valence-electron chi connectivity index (χ0n) is 15.0. The van der Waals surface area contributed by atoms with Crippen molar-refractivity contribution in [2.24, 2.45) is 0 Å². The number of ether oxygens (including phenoxy) is 1. The molecule has 0 bridgehead atoms. The van der Waals surface area contributed by atoms with Gasteiger partial charge in [0.1, 0.15) is 5.75 Å². The fourth-order valence-electron chi connectivity index (χ4n) is 2.95. The maximum Gasteiger partial charge on any atom is 0.260 e. The topological polar surface area (TPSA) is 49.9 Å². The van der Waals surface area contributed by atoms with E-state index in [1.165, 1.54) is 0 Å². The first-order valence-corrected chi connectivity index (χ1v) is 8.78. The van der Waals surface area contributed by atoms with E-state index in [-0.39, 0.29) is 18.4 Å². The fourth-order valence-corrected chi connectivity index (χ4v) is 2.95. The molecule has 0 saturated carbocycles. The van der Waals surface area contributed by atoms with Gasteiger partial charge in [-0.15, -0.1) is 0 Å². The van der Waals surface area contributed by atoms with Crippen molar-refractivity contribution in [3.05, 3.63) is 29.8 Å². The van der Waals surface area contributed by atoms with Gasteiger partial charge in [0.05, 0.1) is 0 Å². The van der Waals surface area contributed by atoms with E-state index in [0.29, 0.717) is 25.6 Å². The van der Waals surface area contributed by atoms with Crippen LogP contribution in [0.15, 0.2) is 24.3 Å². The molecule has 0 aliphatic carbocycles. The minimum atomic E-state index is -0.0145. The second kappa shape index (κ2) is 8.71. The van der Waals surface area contributed by atoms with E-state index in [2.05, 4.69) is 19.9 Å². The van der Waals surface area contributed by atoms with Crippen LogP contribution >= 0.6 is 0 Å². The van der Waals surface area contributed by atoms with Crippen molar-refractivity contribution < 1.29 is 14.3 Å². The Balaban J connectivity index is 1.93. The van der Waals surface area contributed by atoms with Crippen molar-refractivity contribution >= 4 is 11.8 Å². The number of hydrogen-bond donors (Lipinski definition) is 0. The molecule has 1 aromatic carbocycles. The lowest BCUT2D eigenvalue weighted by molar-refractivity contribution is -0.134. The van der Waals surface area contributed by atoms with Gasteiger partial charge in [-0.25, -0.2) is 0 Å². The normalized spacial score (nSPS) is 16.5. The molecule has 24 heavy (non-hydrogen) atoms. The molecule has 1 aliphatic heterocycles. The monoisotopic (exact) mass is 332 g/mol. The van der Waals surface area contributed by atoms with Crippen LogP contribution < -0.4 is 4.74 Å². The van der Waals surface area contributed by atoms with Gasteiger partial charge in [0.25, 0.3) is 5.91 Å². The summed E-state index contributed by atoms with van der Waals surface area (Å²) in [5.41, 5.74) is 1.14. The summed E-state index contributed by atoms with van der Waals surface area (Å²) in [6, 6.07) is 7.92. The number of hydrogen-bond acceptors (Lipinski definition) is 3. The highest BCUT2D eigenvalue weighted by atomic mass is 16.5. The molecular formula is C19H28N2O3. The van der Waals surface area contributed by atoms with E-state index >= 15 is 0 Å². The van der Waals surface area contributed by atoms with Crippen LogP contribution in [0.5, 0.6) is 5.75 Å². The van der Waals surface area contributed by atoms with E-state index < -0.39 is 0 Å². The first kappa shape index (κ1) is 18.3. The molecule has 1 fully saturated rings. The third-order valence-corrected chi connectivity index (χ3v) is 4.71. The molecule has 1 heterocycles. The summed E-state index contributed by atoms with van der Waals surface area (Å²) in [5, 5.41) is 0. The van der Waals surface area contributed by atoms with Crippen LogP contribution in [0.25, 0.3) is 0 Å². The summed E-state index contributed by atoms with van der Waals surface area (Å²) in [5.74, 6) is 1.25. The minimum Gasteiger partial charge on any atom is -0.483 e. The Kier molecular flexibility index (Phi) is 6.64. The number of para-hydroxylation sites is 1. The summed E-state index contributed by atoms with van der Waals surface area (Å²) in [4.78, 5) is 27.5. The Labute approximate surface area is 144 Å². The highest BCUT2D eigenvalue weighted by molar-refractivity contribution is 5.78. The van der Waals surface area contributed by atoms with Crippen molar-refractivity contribution in [2.45, 2.75) is 39.5 Å². The summed E-state index contributed by atoms with van der Waals surface area (Å²) >= 11 is 0. The molecule has 132 valence electrons. The van der Waals surface area contributed by atoms with Gasteiger partial charge >= 0.3 is 0 Å². The summed E-state index contributed by atoms with van der Waals surface area (Å²) in [6.45, 7) is 8.51. The lowest BCUT2D eigenvalue weighted by atomic mass is 9.98. The Morgan fingerprint density at radius 2 is 1.79 bits per heavy atom. The number of rotatable bonds is 5. The zero-order valence-corrected chi connectivity index (χ0v) is 15.0. The molecule has 2 amide bonds. The molecule has 5 nitrogen and oxygen atoms in total. The molecule has 0 N–H and O–H groups in total. The molecule has 1 aliphatic rings. The number of carbonyl (C=O) groups is 2. The van der Waals surface area contributed by atoms with Gasteiger partial charge < -0.3 is 14.5 Å². The van der Waals surface area contributed by atoms with E-state index in [4.69, 9.17) is 4.74 Å². The zero-order chi connectivity index (χ0) is 17.5. The van der Waals surface area contributed by atoms with Crippen LogP contribution in [0.4, 0.5) is 0 Å². The molecule has 1 atom stereocenters. The van der Waals surface area contributed by atoms with Gasteiger partial charge in [-0.2, -0.15) is 0 Å². The smallest absolute Gasteiger partial charge is 0.260 e. The molecule has 0 aromatic heterocycles. The average molecular weight is 332 g/mol. The standard InChI is InChI=1S/C19H28N2O3/c1-4-15(2)17-8-5-6-9-18(17)24-14-19(23)21-11-7-10-20(12-13-21)16(3)22/h5-6,8-9,15H,4,7,10-14H2,1-3H3. The Morgan fingerprint density at radius 3 is 2.50 bits per heavy atom. The molecule has 0 spiro atoms. The van der Waals surface area contributed by atoms with E-state index in [1.54, 1.807) is 16.7 Å². The van der Waals surface area contributed by atoms with Crippen LogP contribution in [0.2, 0.25) is 0 Å². The third-order valence-electron chi connectivity index (χ3n) is 4.71. The van der Waals surface area contributed by atoms with Crippen molar-refractivity contribution in [3.8, 4) is 5.75 Å². The van der Waals surface area contributed by atoms with E-state index in [1.807, 2.05) is 18.2 Å². The second-order valence-corrected chi connectivity index (χ2v) is 6.38. The van der Waals surface area contributed by atoms with Crippen LogP contribution in [0, 0.1) is 0 Å². The lowest BCUT2D eigenvalue weighted by Crippen LogP contribution is -2.38. The highest BCUT2D eigenvalue weighted by Gasteiger charge is 2.21. The van der Waals surface area contributed by atoms with Gasteiger partial charge in [0.2, 0.25) is 5.91 Å². The third kappa shape index (κ3) is 4.73. The van der Waals surface area contributed by atoms with Crippen molar-refractivity contribution in [1.82, 2.24) is 9.80 Å². The molecule has 0 radical (unpaired) electrons. The number of carbonyl (C=O) groups excluding carboxylic acids is 2.